The van der Waals surface area contributed by atoms with Crippen LogP contribution in [0.15, 0.2) is 29.2 Å². The fraction of sp³-hybridized carbons (Fsp3) is 0.500. The maximum atomic E-state index is 11.1. The number of nitrogens with one attached hydrogen (secondary N) is 1. The van der Waals surface area contributed by atoms with Gasteiger partial charge in [0.05, 0.1) is 4.90 Å². The van der Waals surface area contributed by atoms with E-state index in [9.17, 15) is 8.42 Å². The summed E-state index contributed by atoms with van der Waals surface area (Å²) in [6, 6.07) is 6.50. The van der Waals surface area contributed by atoms with Crippen LogP contribution >= 0.6 is 0 Å². The van der Waals surface area contributed by atoms with Crippen molar-refractivity contribution in [1.82, 2.24) is 0 Å². The fourth-order valence-corrected chi connectivity index (χ4v) is 2.49. The number of hydrogen-bond acceptors (Lipinski definition) is 4. The Hall–Kier alpha value is -1.11. The van der Waals surface area contributed by atoms with Crippen molar-refractivity contribution in [1.29, 1.82) is 0 Å². The van der Waals surface area contributed by atoms with Crippen LogP contribution in [0.4, 0.5) is 5.69 Å². The molecule has 100 valence electrons. The third-order valence-electron chi connectivity index (χ3n) is 3.12. The molecule has 18 heavy (non-hydrogen) atoms. The zero-order chi connectivity index (χ0) is 13.0. The summed E-state index contributed by atoms with van der Waals surface area (Å²) in [6.45, 7) is 2.55. The molecular weight excluding hydrogens is 252 g/mol. The summed E-state index contributed by atoms with van der Waals surface area (Å²) in [6.07, 6.45) is 2.14. The van der Waals surface area contributed by atoms with E-state index in [1.54, 1.807) is 12.1 Å². The number of benzene rings is 1. The standard InChI is InChI=1S/C12H18N2O3S/c13-18(15,16)12-3-1-11(2-4-12)14-9-10-5-7-17-8-6-10/h1-4,10,14H,5-9H2,(H2,13,15,16). The van der Waals surface area contributed by atoms with Crippen LogP contribution in [0.2, 0.25) is 0 Å². The molecule has 0 aliphatic carbocycles. The zero-order valence-corrected chi connectivity index (χ0v) is 10.9. The van der Waals surface area contributed by atoms with Gasteiger partial charge in [0.1, 0.15) is 0 Å². The first-order valence-corrected chi connectivity index (χ1v) is 7.55. The summed E-state index contributed by atoms with van der Waals surface area (Å²) < 4.78 is 27.5. The van der Waals surface area contributed by atoms with Crippen molar-refractivity contribution in [3.63, 3.8) is 0 Å². The molecule has 0 amide bonds. The van der Waals surface area contributed by atoms with Crippen LogP contribution in [0.25, 0.3) is 0 Å². The molecule has 0 radical (unpaired) electrons. The van der Waals surface area contributed by atoms with Crippen LogP contribution in [0, 0.1) is 5.92 Å². The average molecular weight is 270 g/mol. The number of hydrogen-bond donors (Lipinski definition) is 2. The van der Waals surface area contributed by atoms with Gasteiger partial charge in [-0.25, -0.2) is 13.6 Å². The maximum absolute atomic E-state index is 11.1. The number of sulfonamides is 1. The van der Waals surface area contributed by atoms with Gasteiger partial charge in [0.2, 0.25) is 10.0 Å². The lowest BCUT2D eigenvalue weighted by molar-refractivity contribution is 0.0699. The van der Waals surface area contributed by atoms with Crippen molar-refractivity contribution >= 4 is 15.7 Å². The van der Waals surface area contributed by atoms with Crippen LogP contribution < -0.4 is 10.5 Å². The van der Waals surface area contributed by atoms with E-state index in [2.05, 4.69) is 5.32 Å². The molecule has 0 aromatic heterocycles. The van der Waals surface area contributed by atoms with Gasteiger partial charge >= 0.3 is 0 Å². The Morgan fingerprint density at radius 1 is 1.22 bits per heavy atom. The molecule has 0 bridgehead atoms. The Labute approximate surface area is 107 Å². The summed E-state index contributed by atoms with van der Waals surface area (Å²) in [7, 11) is -3.60. The van der Waals surface area contributed by atoms with Crippen LogP contribution in [0.1, 0.15) is 12.8 Å². The average Bonchev–Trinajstić information content (AvgIpc) is 2.37. The van der Waals surface area contributed by atoms with Crippen molar-refractivity contribution in [2.75, 3.05) is 25.1 Å². The van der Waals surface area contributed by atoms with Crippen LogP contribution in [0.5, 0.6) is 0 Å². The molecule has 2 rings (SSSR count). The molecule has 0 unspecified atom stereocenters. The first-order chi connectivity index (χ1) is 8.55. The molecule has 0 spiro atoms. The molecule has 1 aromatic carbocycles. The Balaban J connectivity index is 1.90. The second kappa shape index (κ2) is 5.69. The van der Waals surface area contributed by atoms with E-state index in [1.807, 2.05) is 0 Å². The quantitative estimate of drug-likeness (QED) is 0.860. The van der Waals surface area contributed by atoms with Gasteiger partial charge in [-0.05, 0) is 43.0 Å². The topological polar surface area (TPSA) is 81.4 Å². The summed E-state index contributed by atoms with van der Waals surface area (Å²) in [4.78, 5) is 0.138. The normalized spacial score (nSPS) is 17.6. The van der Waals surface area contributed by atoms with Gasteiger partial charge in [0.15, 0.2) is 0 Å². The number of primary sulfonamides is 1. The third-order valence-corrected chi connectivity index (χ3v) is 4.05. The molecule has 5 nitrogen and oxygen atoms in total. The number of ether oxygens (including phenoxy) is 1. The van der Waals surface area contributed by atoms with E-state index in [4.69, 9.17) is 9.88 Å². The minimum absolute atomic E-state index is 0.138. The second-order valence-corrected chi connectivity index (χ2v) is 6.07. The molecule has 1 fully saturated rings. The number of anilines is 1. The number of nitrogens with two attached hydrogens (primary N) is 1. The lowest BCUT2D eigenvalue weighted by Gasteiger charge is -2.22. The predicted molar refractivity (Wildman–Crippen MR) is 69.8 cm³/mol. The SMILES string of the molecule is NS(=O)(=O)c1ccc(NCC2CCOCC2)cc1. The van der Waals surface area contributed by atoms with Crippen molar-refractivity contribution < 1.29 is 13.2 Å². The molecule has 1 aliphatic rings. The minimum atomic E-state index is -3.60. The van der Waals surface area contributed by atoms with Gasteiger partial charge in [-0.2, -0.15) is 0 Å². The highest BCUT2D eigenvalue weighted by molar-refractivity contribution is 7.89. The van der Waals surface area contributed by atoms with Crippen molar-refractivity contribution in [3.8, 4) is 0 Å². The van der Waals surface area contributed by atoms with Crippen molar-refractivity contribution in [2.24, 2.45) is 11.1 Å². The van der Waals surface area contributed by atoms with Gasteiger partial charge in [-0.1, -0.05) is 0 Å². The summed E-state index contributed by atoms with van der Waals surface area (Å²) >= 11 is 0. The molecular formula is C12H18N2O3S. The molecule has 1 aliphatic heterocycles. The van der Waals surface area contributed by atoms with E-state index in [0.717, 1.165) is 38.3 Å². The van der Waals surface area contributed by atoms with Crippen LogP contribution in [0.3, 0.4) is 0 Å². The van der Waals surface area contributed by atoms with Crippen LogP contribution in [-0.2, 0) is 14.8 Å². The smallest absolute Gasteiger partial charge is 0.238 e. The molecule has 0 atom stereocenters. The highest BCUT2D eigenvalue weighted by atomic mass is 32.2. The first kappa shape index (κ1) is 13.3. The highest BCUT2D eigenvalue weighted by Gasteiger charge is 2.13. The van der Waals surface area contributed by atoms with Gasteiger partial charge in [0.25, 0.3) is 0 Å². The molecule has 0 saturated carbocycles. The second-order valence-electron chi connectivity index (χ2n) is 4.51. The highest BCUT2D eigenvalue weighted by Crippen LogP contribution is 2.17. The lowest BCUT2D eigenvalue weighted by Crippen LogP contribution is -2.22. The lowest BCUT2D eigenvalue weighted by atomic mass is 10.0. The summed E-state index contributed by atoms with van der Waals surface area (Å²) in [5.41, 5.74) is 0.911. The monoisotopic (exact) mass is 270 g/mol. The number of rotatable bonds is 4. The van der Waals surface area contributed by atoms with Gasteiger partial charge in [-0.15, -0.1) is 0 Å². The predicted octanol–water partition coefficient (Wildman–Crippen LogP) is 1.17. The summed E-state index contributed by atoms with van der Waals surface area (Å²) in [5, 5.41) is 8.34. The van der Waals surface area contributed by atoms with Crippen LogP contribution in [-0.4, -0.2) is 28.2 Å². The molecule has 6 heteroatoms. The van der Waals surface area contributed by atoms with E-state index in [0.29, 0.717) is 5.92 Å². The zero-order valence-electron chi connectivity index (χ0n) is 10.1. The van der Waals surface area contributed by atoms with E-state index < -0.39 is 10.0 Å². The molecule has 1 aromatic rings. The minimum Gasteiger partial charge on any atom is -0.385 e. The van der Waals surface area contributed by atoms with E-state index >= 15 is 0 Å². The molecule has 1 saturated heterocycles. The van der Waals surface area contributed by atoms with Crippen molar-refractivity contribution in [3.05, 3.63) is 24.3 Å². The Kier molecular flexibility index (Phi) is 4.21. The Morgan fingerprint density at radius 3 is 2.39 bits per heavy atom. The largest absolute Gasteiger partial charge is 0.385 e. The van der Waals surface area contributed by atoms with Gasteiger partial charge in [-0.3, -0.25) is 0 Å². The molecule has 3 N–H and O–H groups in total. The van der Waals surface area contributed by atoms with E-state index in [1.165, 1.54) is 12.1 Å². The van der Waals surface area contributed by atoms with Gasteiger partial charge < -0.3 is 10.1 Å². The maximum Gasteiger partial charge on any atom is 0.238 e. The fourth-order valence-electron chi connectivity index (χ4n) is 1.98. The molecule has 1 heterocycles. The van der Waals surface area contributed by atoms with Gasteiger partial charge in [0, 0.05) is 25.4 Å². The third kappa shape index (κ3) is 3.69. The van der Waals surface area contributed by atoms with E-state index in [-0.39, 0.29) is 4.90 Å². The summed E-state index contributed by atoms with van der Waals surface area (Å²) in [5.74, 6) is 0.622. The van der Waals surface area contributed by atoms with Crippen molar-refractivity contribution in [2.45, 2.75) is 17.7 Å². The Morgan fingerprint density at radius 2 is 1.83 bits per heavy atom. The first-order valence-electron chi connectivity index (χ1n) is 6.00. The Bertz CT molecular complexity index is 479.